The van der Waals surface area contributed by atoms with Crippen LogP contribution in [-0.2, 0) is 9.53 Å². The molecule has 8 heavy (non-hydrogen) atoms. The van der Waals surface area contributed by atoms with Crippen molar-refractivity contribution in [3.05, 3.63) is 12.3 Å². The fourth-order valence-electron chi connectivity index (χ4n) is 0.259. The highest BCUT2D eigenvalue weighted by atomic mass is 16.5. The molecule has 0 aromatic heterocycles. The first-order chi connectivity index (χ1) is 3.91. The maximum Gasteiger partial charge on any atom is 0.157 e. The Bertz CT molecular complexity index is 76.6. The lowest BCUT2D eigenvalue weighted by atomic mass is 10.5. The average molecular weight is 114 g/mol. The second kappa shape index (κ2) is 6.21. The summed E-state index contributed by atoms with van der Waals surface area (Å²) in [5.41, 5.74) is 0. The van der Waals surface area contributed by atoms with Crippen LogP contribution in [0.25, 0.3) is 0 Å². The minimum Gasteiger partial charge on any atom is -0.494 e. The van der Waals surface area contributed by atoms with E-state index in [2.05, 4.69) is 4.74 Å². The monoisotopic (exact) mass is 114 g/mol. The molecular formula is C6H10O2. The van der Waals surface area contributed by atoms with Crippen LogP contribution in [0.5, 0.6) is 0 Å². The molecule has 0 aromatic carbocycles. The van der Waals surface area contributed by atoms with Gasteiger partial charge in [0.2, 0.25) is 0 Å². The largest absolute Gasteiger partial charge is 0.494 e. The lowest BCUT2D eigenvalue weighted by Crippen LogP contribution is -1.85. The smallest absolute Gasteiger partial charge is 0.157 e. The molecule has 0 atom stereocenters. The number of rotatable bonds is 4. The van der Waals surface area contributed by atoms with Gasteiger partial charge in [-0.05, 0) is 6.42 Å². The van der Waals surface area contributed by atoms with Crippen LogP contribution in [0.3, 0.4) is 0 Å². The summed E-state index contributed by atoms with van der Waals surface area (Å²) in [6.45, 7) is 2.16. The van der Waals surface area contributed by atoms with Gasteiger partial charge in [0.05, 0.1) is 6.26 Å². The lowest BCUT2D eigenvalue weighted by molar-refractivity contribution is -0.110. The van der Waals surface area contributed by atoms with Crippen LogP contribution in [0.4, 0.5) is 0 Å². The predicted octanol–water partition coefficient (Wildman–Crippen LogP) is 1.13. The van der Waals surface area contributed by atoms with Crippen molar-refractivity contribution in [2.24, 2.45) is 0 Å². The average Bonchev–Trinajstić information content (AvgIpc) is 1.81. The summed E-state index contributed by atoms with van der Waals surface area (Å²) in [6.07, 6.45) is 5.05. The summed E-state index contributed by atoms with van der Waals surface area (Å²) in [5.74, 6) is 0. The predicted molar refractivity (Wildman–Crippen MR) is 31.4 cm³/mol. The standard InChI is InChI=1S/C6H10O2/c1-2-3-5-8-6-4-7/h3-5H,2,6H2,1H3/b5-3-. The molecule has 0 aliphatic rings. The van der Waals surface area contributed by atoms with Gasteiger partial charge in [-0.1, -0.05) is 13.0 Å². The summed E-state index contributed by atoms with van der Waals surface area (Å²) in [6, 6.07) is 0. The Hall–Kier alpha value is -0.790. The molecule has 0 bridgehead atoms. The number of aldehydes is 1. The molecular weight excluding hydrogens is 104 g/mol. The van der Waals surface area contributed by atoms with Crippen LogP contribution in [0.15, 0.2) is 12.3 Å². The lowest BCUT2D eigenvalue weighted by Gasteiger charge is -1.87. The molecule has 0 heterocycles. The van der Waals surface area contributed by atoms with Gasteiger partial charge in [0.1, 0.15) is 6.61 Å². The third-order valence-corrected chi connectivity index (χ3v) is 0.592. The van der Waals surface area contributed by atoms with Crippen molar-refractivity contribution in [1.82, 2.24) is 0 Å². The molecule has 0 N–H and O–H groups in total. The Morgan fingerprint density at radius 2 is 2.38 bits per heavy atom. The van der Waals surface area contributed by atoms with E-state index in [9.17, 15) is 4.79 Å². The molecule has 0 aliphatic carbocycles. The van der Waals surface area contributed by atoms with Crippen LogP contribution in [0.2, 0.25) is 0 Å². The summed E-state index contributed by atoms with van der Waals surface area (Å²) < 4.78 is 4.67. The Balaban J connectivity index is 2.90. The van der Waals surface area contributed by atoms with E-state index in [1.54, 1.807) is 0 Å². The number of allylic oxidation sites excluding steroid dienone is 1. The first-order valence-electron chi connectivity index (χ1n) is 2.62. The first kappa shape index (κ1) is 7.21. The first-order valence-corrected chi connectivity index (χ1v) is 2.62. The number of carbonyl (C=O) groups is 1. The van der Waals surface area contributed by atoms with Crippen molar-refractivity contribution >= 4 is 6.29 Å². The second-order valence-electron chi connectivity index (χ2n) is 1.28. The van der Waals surface area contributed by atoms with Crippen molar-refractivity contribution < 1.29 is 9.53 Å². The van der Waals surface area contributed by atoms with Crippen molar-refractivity contribution in [3.63, 3.8) is 0 Å². The van der Waals surface area contributed by atoms with Gasteiger partial charge in [0.25, 0.3) is 0 Å². The molecule has 0 spiro atoms. The number of hydrogen-bond donors (Lipinski definition) is 0. The van der Waals surface area contributed by atoms with E-state index in [0.29, 0.717) is 0 Å². The van der Waals surface area contributed by atoms with Gasteiger partial charge in [-0.15, -0.1) is 0 Å². The molecule has 0 saturated heterocycles. The zero-order chi connectivity index (χ0) is 6.24. The van der Waals surface area contributed by atoms with Gasteiger partial charge in [0, 0.05) is 0 Å². The normalized spacial score (nSPS) is 9.62. The summed E-state index contributed by atoms with van der Waals surface area (Å²) in [7, 11) is 0. The quantitative estimate of drug-likeness (QED) is 0.311. The summed E-state index contributed by atoms with van der Waals surface area (Å²) in [4.78, 5) is 9.61. The van der Waals surface area contributed by atoms with E-state index in [0.717, 1.165) is 12.7 Å². The van der Waals surface area contributed by atoms with E-state index in [1.807, 2.05) is 13.0 Å². The zero-order valence-corrected chi connectivity index (χ0v) is 4.96. The molecule has 0 aromatic rings. The van der Waals surface area contributed by atoms with Gasteiger partial charge < -0.3 is 4.74 Å². The van der Waals surface area contributed by atoms with E-state index in [-0.39, 0.29) is 6.61 Å². The molecule has 2 nitrogen and oxygen atoms in total. The Morgan fingerprint density at radius 3 is 2.88 bits per heavy atom. The van der Waals surface area contributed by atoms with Gasteiger partial charge in [-0.25, -0.2) is 0 Å². The van der Waals surface area contributed by atoms with Crippen molar-refractivity contribution in [3.8, 4) is 0 Å². The molecule has 0 radical (unpaired) electrons. The van der Waals surface area contributed by atoms with Crippen LogP contribution in [-0.4, -0.2) is 12.9 Å². The highest BCUT2D eigenvalue weighted by Gasteiger charge is 1.71. The van der Waals surface area contributed by atoms with Crippen molar-refractivity contribution in [2.75, 3.05) is 6.61 Å². The highest BCUT2D eigenvalue weighted by Crippen LogP contribution is 1.79. The molecule has 0 fully saturated rings. The van der Waals surface area contributed by atoms with Crippen molar-refractivity contribution in [2.45, 2.75) is 13.3 Å². The third kappa shape index (κ3) is 5.21. The van der Waals surface area contributed by atoms with E-state index in [1.165, 1.54) is 6.26 Å². The fraction of sp³-hybridized carbons (Fsp3) is 0.500. The molecule has 0 rings (SSSR count). The van der Waals surface area contributed by atoms with Crippen LogP contribution in [0.1, 0.15) is 13.3 Å². The minimum atomic E-state index is 0.163. The maximum atomic E-state index is 9.61. The SMILES string of the molecule is CC/C=C\OCC=O. The third-order valence-electron chi connectivity index (χ3n) is 0.592. The number of hydrogen-bond acceptors (Lipinski definition) is 2. The van der Waals surface area contributed by atoms with Gasteiger partial charge in [0.15, 0.2) is 6.29 Å². The van der Waals surface area contributed by atoms with Gasteiger partial charge >= 0.3 is 0 Å². The summed E-state index contributed by atoms with van der Waals surface area (Å²) >= 11 is 0. The van der Waals surface area contributed by atoms with E-state index < -0.39 is 0 Å². The fourth-order valence-corrected chi connectivity index (χ4v) is 0.259. The summed E-state index contributed by atoms with van der Waals surface area (Å²) in [5, 5.41) is 0. The molecule has 0 amide bonds. The molecule has 0 saturated carbocycles. The Kier molecular flexibility index (Phi) is 5.60. The van der Waals surface area contributed by atoms with E-state index in [4.69, 9.17) is 0 Å². The minimum absolute atomic E-state index is 0.163. The number of carbonyl (C=O) groups excluding carboxylic acids is 1. The van der Waals surface area contributed by atoms with Crippen molar-refractivity contribution in [1.29, 1.82) is 0 Å². The number of ether oxygens (including phenoxy) is 1. The Labute approximate surface area is 49.1 Å². The topological polar surface area (TPSA) is 26.3 Å². The van der Waals surface area contributed by atoms with Crippen LogP contribution >= 0.6 is 0 Å². The molecule has 0 aliphatic heterocycles. The van der Waals surface area contributed by atoms with E-state index >= 15 is 0 Å². The van der Waals surface area contributed by atoms with Crippen LogP contribution in [0, 0.1) is 0 Å². The highest BCUT2D eigenvalue weighted by molar-refractivity contribution is 5.50. The van der Waals surface area contributed by atoms with Gasteiger partial charge in [-0.3, -0.25) is 4.79 Å². The molecule has 0 unspecified atom stereocenters. The zero-order valence-electron chi connectivity index (χ0n) is 4.96. The Morgan fingerprint density at radius 1 is 1.62 bits per heavy atom. The van der Waals surface area contributed by atoms with Crippen LogP contribution < -0.4 is 0 Å². The molecule has 46 valence electrons. The second-order valence-corrected chi connectivity index (χ2v) is 1.28. The molecule has 2 heteroatoms. The maximum absolute atomic E-state index is 9.61. The van der Waals surface area contributed by atoms with Gasteiger partial charge in [-0.2, -0.15) is 0 Å².